The van der Waals surface area contributed by atoms with Gasteiger partial charge in [0.25, 0.3) is 0 Å². The highest BCUT2D eigenvalue weighted by atomic mass is 16.5. The maximum absolute atomic E-state index is 9.35. The van der Waals surface area contributed by atoms with Gasteiger partial charge < -0.3 is 9.84 Å². The van der Waals surface area contributed by atoms with E-state index < -0.39 is 0 Å². The summed E-state index contributed by atoms with van der Waals surface area (Å²) in [5.41, 5.74) is 2.66. The predicted molar refractivity (Wildman–Crippen MR) is 83.6 cm³/mol. The van der Waals surface area contributed by atoms with Crippen LogP contribution < -0.4 is 4.74 Å². The van der Waals surface area contributed by atoms with Crippen molar-refractivity contribution in [2.24, 2.45) is 0 Å². The van der Waals surface area contributed by atoms with Crippen molar-refractivity contribution in [1.82, 2.24) is 4.98 Å². The maximum Gasteiger partial charge on any atom is 0.138 e. The number of aliphatic hydroxyl groups excluding tert-OH is 1. The van der Waals surface area contributed by atoms with Crippen molar-refractivity contribution in [2.75, 3.05) is 0 Å². The molecule has 0 radical (unpaired) electrons. The van der Waals surface area contributed by atoms with Gasteiger partial charge in [0.05, 0.1) is 17.8 Å². The van der Waals surface area contributed by atoms with E-state index in [2.05, 4.69) is 18.0 Å². The van der Waals surface area contributed by atoms with E-state index in [-0.39, 0.29) is 6.61 Å². The van der Waals surface area contributed by atoms with Crippen LogP contribution in [0.1, 0.15) is 18.2 Å². The number of aromatic nitrogens is 1. The van der Waals surface area contributed by atoms with Crippen LogP contribution in [0.25, 0.3) is 10.9 Å². The lowest BCUT2D eigenvalue weighted by molar-refractivity contribution is 0.277. The molecule has 0 aliphatic rings. The molecule has 0 unspecified atom stereocenters. The molecule has 3 rings (SSSR count). The normalized spacial score (nSPS) is 10.8. The lowest BCUT2D eigenvalue weighted by Gasteiger charge is -2.11. The van der Waals surface area contributed by atoms with Crippen LogP contribution in [0.3, 0.4) is 0 Å². The molecule has 0 saturated carbocycles. The molecule has 106 valence electrons. The van der Waals surface area contributed by atoms with E-state index in [1.165, 1.54) is 5.56 Å². The number of para-hydroxylation sites is 1. The van der Waals surface area contributed by atoms with Crippen LogP contribution in [0.5, 0.6) is 11.5 Å². The van der Waals surface area contributed by atoms with Crippen LogP contribution in [0.2, 0.25) is 0 Å². The van der Waals surface area contributed by atoms with Crippen LogP contribution in [0.15, 0.2) is 54.6 Å². The first-order chi connectivity index (χ1) is 10.3. The summed E-state index contributed by atoms with van der Waals surface area (Å²) < 4.78 is 6.03. The minimum Gasteiger partial charge on any atom is -0.457 e. The number of nitrogens with zero attached hydrogens (tertiary/aromatic N) is 1. The smallest absolute Gasteiger partial charge is 0.138 e. The zero-order valence-electron chi connectivity index (χ0n) is 11.9. The summed E-state index contributed by atoms with van der Waals surface area (Å²) in [4.78, 5) is 4.40. The fraction of sp³-hybridized carbons (Fsp3) is 0.167. The molecule has 3 aromatic rings. The number of pyridine rings is 1. The number of hydrogen-bond donors (Lipinski definition) is 1. The van der Waals surface area contributed by atoms with Crippen molar-refractivity contribution < 1.29 is 9.84 Å². The third-order valence-electron chi connectivity index (χ3n) is 3.43. The predicted octanol–water partition coefficient (Wildman–Crippen LogP) is 4.08. The van der Waals surface area contributed by atoms with Gasteiger partial charge in [-0.1, -0.05) is 31.2 Å². The highest BCUT2D eigenvalue weighted by Gasteiger charge is 2.07. The monoisotopic (exact) mass is 279 g/mol. The van der Waals surface area contributed by atoms with E-state index in [0.29, 0.717) is 5.69 Å². The van der Waals surface area contributed by atoms with Crippen LogP contribution in [-0.4, -0.2) is 10.1 Å². The van der Waals surface area contributed by atoms with Crippen molar-refractivity contribution in [1.29, 1.82) is 0 Å². The van der Waals surface area contributed by atoms with E-state index in [0.717, 1.165) is 28.8 Å². The second-order valence-electron chi connectivity index (χ2n) is 4.89. The van der Waals surface area contributed by atoms with Crippen molar-refractivity contribution in [3.8, 4) is 11.5 Å². The molecule has 21 heavy (non-hydrogen) atoms. The SMILES string of the molecule is CCc1cccc(Oc2cc(CO)nc3ccccc23)c1. The number of benzene rings is 2. The zero-order chi connectivity index (χ0) is 14.7. The van der Waals surface area contributed by atoms with Gasteiger partial charge in [0.2, 0.25) is 0 Å². The lowest BCUT2D eigenvalue weighted by Crippen LogP contribution is -1.94. The second kappa shape index (κ2) is 5.94. The molecule has 3 heteroatoms. The number of ether oxygens (including phenoxy) is 1. The number of rotatable bonds is 4. The van der Waals surface area contributed by atoms with Gasteiger partial charge in [-0.2, -0.15) is 0 Å². The van der Waals surface area contributed by atoms with Crippen LogP contribution in [0, 0.1) is 0 Å². The van der Waals surface area contributed by atoms with Crippen LogP contribution in [-0.2, 0) is 13.0 Å². The fourth-order valence-corrected chi connectivity index (χ4v) is 2.32. The van der Waals surface area contributed by atoms with Crippen LogP contribution >= 0.6 is 0 Å². The summed E-state index contributed by atoms with van der Waals surface area (Å²) in [7, 11) is 0. The minimum absolute atomic E-state index is 0.101. The number of hydrogen-bond acceptors (Lipinski definition) is 3. The Morgan fingerprint density at radius 2 is 1.90 bits per heavy atom. The average Bonchev–Trinajstić information content (AvgIpc) is 2.55. The molecule has 0 amide bonds. The van der Waals surface area contributed by atoms with Gasteiger partial charge in [0.15, 0.2) is 0 Å². The lowest BCUT2D eigenvalue weighted by atomic mass is 10.1. The van der Waals surface area contributed by atoms with E-state index in [9.17, 15) is 5.11 Å². The largest absolute Gasteiger partial charge is 0.457 e. The first kappa shape index (κ1) is 13.6. The van der Waals surface area contributed by atoms with Gasteiger partial charge in [-0.25, -0.2) is 0 Å². The number of aliphatic hydroxyl groups is 1. The second-order valence-corrected chi connectivity index (χ2v) is 4.89. The maximum atomic E-state index is 9.35. The Balaban J connectivity index is 2.06. The van der Waals surface area contributed by atoms with Gasteiger partial charge in [0, 0.05) is 11.5 Å². The summed E-state index contributed by atoms with van der Waals surface area (Å²) in [6.45, 7) is 2.01. The van der Waals surface area contributed by atoms with E-state index in [1.807, 2.05) is 42.5 Å². The van der Waals surface area contributed by atoms with E-state index in [4.69, 9.17) is 4.74 Å². The Hall–Kier alpha value is -2.39. The third kappa shape index (κ3) is 2.88. The molecular formula is C18H17NO2. The Bertz CT molecular complexity index is 768. The molecule has 0 saturated heterocycles. The Morgan fingerprint density at radius 1 is 1.05 bits per heavy atom. The van der Waals surface area contributed by atoms with Gasteiger partial charge in [-0.05, 0) is 36.2 Å². The van der Waals surface area contributed by atoms with Gasteiger partial charge >= 0.3 is 0 Å². The highest BCUT2D eigenvalue weighted by molar-refractivity contribution is 5.85. The highest BCUT2D eigenvalue weighted by Crippen LogP contribution is 2.30. The molecule has 1 heterocycles. The Kier molecular flexibility index (Phi) is 3.84. The fourth-order valence-electron chi connectivity index (χ4n) is 2.32. The van der Waals surface area contributed by atoms with Crippen molar-refractivity contribution in [3.63, 3.8) is 0 Å². The molecule has 0 atom stereocenters. The summed E-state index contributed by atoms with van der Waals surface area (Å²) >= 11 is 0. The Morgan fingerprint density at radius 3 is 2.71 bits per heavy atom. The molecule has 1 aromatic heterocycles. The Labute approximate surface area is 123 Å². The van der Waals surface area contributed by atoms with Gasteiger partial charge in [-0.15, -0.1) is 0 Å². The van der Waals surface area contributed by atoms with Gasteiger partial charge in [0.1, 0.15) is 11.5 Å². The molecule has 0 bridgehead atoms. The van der Waals surface area contributed by atoms with Crippen molar-refractivity contribution in [3.05, 3.63) is 65.9 Å². The number of aryl methyl sites for hydroxylation is 1. The van der Waals surface area contributed by atoms with Gasteiger partial charge in [-0.3, -0.25) is 4.98 Å². The average molecular weight is 279 g/mol. The third-order valence-corrected chi connectivity index (χ3v) is 3.43. The first-order valence-corrected chi connectivity index (χ1v) is 7.06. The molecular weight excluding hydrogens is 262 g/mol. The summed E-state index contributed by atoms with van der Waals surface area (Å²) in [5, 5.41) is 10.3. The minimum atomic E-state index is -0.101. The quantitative estimate of drug-likeness (QED) is 0.782. The first-order valence-electron chi connectivity index (χ1n) is 7.06. The summed E-state index contributed by atoms with van der Waals surface area (Å²) in [5.74, 6) is 1.52. The molecule has 2 aromatic carbocycles. The summed E-state index contributed by atoms with van der Waals surface area (Å²) in [6.07, 6.45) is 0.968. The van der Waals surface area contributed by atoms with E-state index in [1.54, 1.807) is 6.07 Å². The van der Waals surface area contributed by atoms with Crippen LogP contribution in [0.4, 0.5) is 0 Å². The molecule has 0 aliphatic carbocycles. The molecule has 0 aliphatic heterocycles. The standard InChI is InChI=1S/C18H17NO2/c1-2-13-6-5-7-15(10-13)21-18-11-14(12-20)19-17-9-4-3-8-16(17)18/h3-11,20H,2,12H2,1H3. The van der Waals surface area contributed by atoms with Crippen molar-refractivity contribution >= 4 is 10.9 Å². The molecule has 3 nitrogen and oxygen atoms in total. The molecule has 1 N–H and O–H groups in total. The molecule has 0 fully saturated rings. The summed E-state index contributed by atoms with van der Waals surface area (Å²) in [6, 6.07) is 17.6. The van der Waals surface area contributed by atoms with E-state index >= 15 is 0 Å². The van der Waals surface area contributed by atoms with Crippen molar-refractivity contribution in [2.45, 2.75) is 20.0 Å². The zero-order valence-corrected chi connectivity index (χ0v) is 11.9. The topological polar surface area (TPSA) is 42.4 Å². The number of fused-ring (bicyclic) bond motifs is 1. The molecule has 0 spiro atoms.